The van der Waals surface area contributed by atoms with Gasteiger partial charge >= 0.3 is 0 Å². The summed E-state index contributed by atoms with van der Waals surface area (Å²) in [6.07, 6.45) is 0.845. The highest BCUT2D eigenvalue weighted by atomic mass is 32.2. The Labute approximate surface area is 189 Å². The molecule has 1 amide bonds. The van der Waals surface area contributed by atoms with Gasteiger partial charge in [-0.2, -0.15) is 0 Å². The number of rotatable bonds is 6. The average Bonchev–Trinajstić information content (AvgIpc) is 3.21. The molecule has 0 saturated heterocycles. The Hall–Kier alpha value is -2.90. The van der Waals surface area contributed by atoms with E-state index in [-0.39, 0.29) is 17.2 Å². The second-order valence-electron chi connectivity index (χ2n) is 7.25. The van der Waals surface area contributed by atoms with E-state index in [1.807, 2.05) is 60.8 Å². The average molecular weight is 450 g/mol. The van der Waals surface area contributed by atoms with Crippen LogP contribution in [0, 0.1) is 6.92 Å². The fourth-order valence-corrected chi connectivity index (χ4v) is 5.24. The Bertz CT molecular complexity index is 1310. The number of anilines is 1. The van der Waals surface area contributed by atoms with Crippen LogP contribution in [0.5, 0.6) is 0 Å². The number of thiophene rings is 1. The first-order chi connectivity index (χ1) is 15.0. The first kappa shape index (κ1) is 21.3. The first-order valence-corrected chi connectivity index (χ1v) is 11.9. The summed E-state index contributed by atoms with van der Waals surface area (Å²) in [6, 6.07) is 15.9. The van der Waals surface area contributed by atoms with Crippen LogP contribution in [0.1, 0.15) is 18.1 Å². The van der Waals surface area contributed by atoms with E-state index in [2.05, 4.69) is 12.2 Å². The van der Waals surface area contributed by atoms with Crippen molar-refractivity contribution in [2.24, 2.45) is 7.05 Å². The van der Waals surface area contributed by atoms with Crippen LogP contribution >= 0.6 is 23.1 Å². The monoisotopic (exact) mass is 449 g/mol. The van der Waals surface area contributed by atoms with Gasteiger partial charge < -0.3 is 5.32 Å². The van der Waals surface area contributed by atoms with Crippen molar-refractivity contribution in [3.05, 3.63) is 75.4 Å². The quantitative estimate of drug-likeness (QED) is 0.322. The molecule has 4 rings (SSSR count). The lowest BCUT2D eigenvalue weighted by Gasteiger charge is -2.13. The van der Waals surface area contributed by atoms with Crippen LogP contribution in [0.25, 0.3) is 21.3 Å². The molecule has 5 nitrogen and oxygen atoms in total. The molecule has 0 atom stereocenters. The second kappa shape index (κ2) is 9.08. The molecule has 0 radical (unpaired) electrons. The molecule has 0 bridgehead atoms. The third-order valence-electron chi connectivity index (χ3n) is 5.18. The number of aromatic nitrogens is 2. The van der Waals surface area contributed by atoms with Gasteiger partial charge in [-0.3, -0.25) is 14.2 Å². The summed E-state index contributed by atoms with van der Waals surface area (Å²) in [4.78, 5) is 30.3. The summed E-state index contributed by atoms with van der Waals surface area (Å²) in [5, 5.41) is 5.53. The number of amides is 1. The zero-order valence-corrected chi connectivity index (χ0v) is 19.3. The summed E-state index contributed by atoms with van der Waals surface area (Å²) in [7, 11) is 1.70. The summed E-state index contributed by atoms with van der Waals surface area (Å²) in [6.45, 7) is 4.06. The maximum absolute atomic E-state index is 12.9. The number of thioether (sulfide) groups is 1. The third kappa shape index (κ3) is 4.29. The standard InChI is InChI=1S/C24H23N3O2S2/c1-4-16-12-8-9-15(2)20(16)25-19(28)14-31-24-26-21-18(17-10-6-5-7-11-17)13-30-22(21)23(29)27(24)3/h5-13H,4,14H2,1-3H3,(H,25,28). The summed E-state index contributed by atoms with van der Waals surface area (Å²) in [5.41, 5.74) is 5.58. The Morgan fingerprint density at radius 3 is 2.68 bits per heavy atom. The Morgan fingerprint density at radius 1 is 1.16 bits per heavy atom. The van der Waals surface area contributed by atoms with Crippen molar-refractivity contribution >= 4 is 44.9 Å². The van der Waals surface area contributed by atoms with Crippen molar-refractivity contribution in [2.45, 2.75) is 25.4 Å². The van der Waals surface area contributed by atoms with Gasteiger partial charge in [-0.25, -0.2) is 4.98 Å². The Kier molecular flexibility index (Phi) is 6.25. The van der Waals surface area contributed by atoms with Gasteiger partial charge in [0.1, 0.15) is 4.70 Å². The molecule has 0 fully saturated rings. The highest BCUT2D eigenvalue weighted by Crippen LogP contribution is 2.32. The lowest BCUT2D eigenvalue weighted by molar-refractivity contribution is -0.113. The highest BCUT2D eigenvalue weighted by Gasteiger charge is 2.16. The van der Waals surface area contributed by atoms with Gasteiger partial charge in [-0.05, 0) is 30.0 Å². The van der Waals surface area contributed by atoms with Crippen LogP contribution in [0.15, 0.2) is 63.9 Å². The molecule has 0 aliphatic heterocycles. The topological polar surface area (TPSA) is 64.0 Å². The number of fused-ring (bicyclic) bond motifs is 1. The Morgan fingerprint density at radius 2 is 1.94 bits per heavy atom. The summed E-state index contributed by atoms with van der Waals surface area (Å²) in [5.74, 6) is 0.0607. The number of hydrogen-bond donors (Lipinski definition) is 1. The molecular weight excluding hydrogens is 426 g/mol. The van der Waals surface area contributed by atoms with Gasteiger partial charge in [-0.1, -0.05) is 67.2 Å². The van der Waals surface area contributed by atoms with Crippen molar-refractivity contribution in [3.8, 4) is 11.1 Å². The first-order valence-electron chi connectivity index (χ1n) is 10.0. The van der Waals surface area contributed by atoms with Crippen LogP contribution in [0.4, 0.5) is 5.69 Å². The zero-order chi connectivity index (χ0) is 22.0. The molecule has 4 aromatic rings. The number of aryl methyl sites for hydroxylation is 2. The predicted molar refractivity (Wildman–Crippen MR) is 130 cm³/mol. The summed E-state index contributed by atoms with van der Waals surface area (Å²) < 4.78 is 2.15. The van der Waals surface area contributed by atoms with Crippen molar-refractivity contribution in [3.63, 3.8) is 0 Å². The van der Waals surface area contributed by atoms with E-state index in [1.54, 1.807) is 7.05 Å². The van der Waals surface area contributed by atoms with Crippen molar-refractivity contribution in [1.82, 2.24) is 9.55 Å². The maximum Gasteiger partial charge on any atom is 0.271 e. The second-order valence-corrected chi connectivity index (χ2v) is 9.07. The molecular formula is C24H23N3O2S2. The molecule has 1 N–H and O–H groups in total. The smallest absolute Gasteiger partial charge is 0.271 e. The molecule has 0 spiro atoms. The summed E-state index contributed by atoms with van der Waals surface area (Å²) >= 11 is 2.68. The van der Waals surface area contributed by atoms with E-state index in [4.69, 9.17) is 4.98 Å². The third-order valence-corrected chi connectivity index (χ3v) is 7.17. The molecule has 7 heteroatoms. The van der Waals surface area contributed by atoms with Crippen molar-refractivity contribution in [1.29, 1.82) is 0 Å². The minimum atomic E-state index is -0.114. The number of nitrogens with one attached hydrogen (secondary N) is 1. The Balaban J connectivity index is 1.60. The molecule has 0 unspecified atom stereocenters. The molecule has 0 saturated carbocycles. The van der Waals surface area contributed by atoms with E-state index >= 15 is 0 Å². The van der Waals surface area contributed by atoms with E-state index in [9.17, 15) is 9.59 Å². The van der Waals surface area contributed by atoms with Gasteiger partial charge in [0.15, 0.2) is 5.16 Å². The molecule has 0 aliphatic rings. The van der Waals surface area contributed by atoms with E-state index in [0.717, 1.165) is 34.4 Å². The fraction of sp³-hybridized carbons (Fsp3) is 0.208. The van der Waals surface area contributed by atoms with Gasteiger partial charge in [-0.15, -0.1) is 11.3 Å². The molecule has 2 aromatic carbocycles. The number of nitrogens with zero attached hydrogens (tertiary/aromatic N) is 2. The lowest BCUT2D eigenvalue weighted by Crippen LogP contribution is -2.21. The number of carbonyl (C=O) groups excluding carboxylic acids is 1. The maximum atomic E-state index is 12.9. The normalized spacial score (nSPS) is 11.1. The van der Waals surface area contributed by atoms with Crippen LogP contribution < -0.4 is 10.9 Å². The fourth-order valence-electron chi connectivity index (χ4n) is 3.48. The predicted octanol–water partition coefficient (Wildman–Crippen LogP) is 5.26. The lowest BCUT2D eigenvalue weighted by atomic mass is 10.1. The van der Waals surface area contributed by atoms with Crippen LogP contribution in [0.2, 0.25) is 0 Å². The highest BCUT2D eigenvalue weighted by molar-refractivity contribution is 7.99. The van der Waals surface area contributed by atoms with Crippen LogP contribution in [-0.4, -0.2) is 21.2 Å². The molecule has 0 aliphatic carbocycles. The SMILES string of the molecule is CCc1cccc(C)c1NC(=O)CSc1nc2c(-c3ccccc3)csc2c(=O)n1C. The molecule has 2 heterocycles. The van der Waals surface area contributed by atoms with Crippen LogP contribution in [0.3, 0.4) is 0 Å². The van der Waals surface area contributed by atoms with Gasteiger partial charge in [0.2, 0.25) is 5.91 Å². The van der Waals surface area contributed by atoms with Gasteiger partial charge in [0.05, 0.1) is 11.3 Å². The molecule has 2 aromatic heterocycles. The molecule has 31 heavy (non-hydrogen) atoms. The van der Waals surface area contributed by atoms with E-state index in [1.165, 1.54) is 27.7 Å². The molecule has 158 valence electrons. The van der Waals surface area contributed by atoms with Gasteiger partial charge in [0.25, 0.3) is 5.56 Å². The number of hydrogen-bond acceptors (Lipinski definition) is 5. The van der Waals surface area contributed by atoms with E-state index < -0.39 is 0 Å². The minimum absolute atomic E-state index is 0.0905. The van der Waals surface area contributed by atoms with Crippen LogP contribution in [-0.2, 0) is 18.3 Å². The zero-order valence-electron chi connectivity index (χ0n) is 17.6. The van der Waals surface area contributed by atoms with E-state index in [0.29, 0.717) is 15.4 Å². The minimum Gasteiger partial charge on any atom is -0.325 e. The number of carbonyl (C=O) groups is 1. The van der Waals surface area contributed by atoms with Gasteiger partial charge in [0, 0.05) is 23.7 Å². The number of para-hydroxylation sites is 1. The number of benzene rings is 2. The largest absolute Gasteiger partial charge is 0.325 e. The van der Waals surface area contributed by atoms with Crippen molar-refractivity contribution in [2.75, 3.05) is 11.1 Å². The van der Waals surface area contributed by atoms with Crippen molar-refractivity contribution < 1.29 is 4.79 Å².